The normalized spacial score (nSPS) is 11.1. The van der Waals surface area contributed by atoms with Gasteiger partial charge < -0.3 is 19.8 Å². The number of aromatic nitrogens is 1. The lowest BCUT2D eigenvalue weighted by molar-refractivity contribution is 0.283. The number of benzene rings is 3. The van der Waals surface area contributed by atoms with E-state index in [1.54, 1.807) is 7.11 Å². The van der Waals surface area contributed by atoms with Crippen LogP contribution in [0, 0.1) is 6.92 Å². The zero-order valence-electron chi connectivity index (χ0n) is 17.9. The van der Waals surface area contributed by atoms with Gasteiger partial charge in [0.15, 0.2) is 11.5 Å². The quantitative estimate of drug-likeness (QED) is 0.283. The minimum atomic E-state index is 0.512. The van der Waals surface area contributed by atoms with Crippen LogP contribution >= 0.6 is 15.9 Å². The molecule has 1 heterocycles. The first-order chi connectivity index (χ1) is 15.2. The molecule has 0 bridgehead atoms. The summed E-state index contributed by atoms with van der Waals surface area (Å²) in [4.78, 5) is 3.34. The maximum Gasteiger partial charge on any atom is 0.162 e. The second kappa shape index (κ2) is 10.0. The van der Waals surface area contributed by atoms with Gasteiger partial charge in [0.05, 0.1) is 7.11 Å². The number of ether oxygens (including phenoxy) is 2. The maximum atomic E-state index is 6.07. The van der Waals surface area contributed by atoms with Gasteiger partial charge in [0.1, 0.15) is 6.61 Å². The van der Waals surface area contributed by atoms with Crippen LogP contribution in [-0.2, 0) is 19.6 Å². The average Bonchev–Trinajstić information content (AvgIpc) is 3.20. The number of methoxy groups -OCH3 is 1. The minimum Gasteiger partial charge on any atom is -0.493 e. The fraction of sp³-hybridized carbons (Fsp3) is 0.231. The molecular weight excluding hydrogens is 452 g/mol. The molecule has 31 heavy (non-hydrogen) atoms. The van der Waals surface area contributed by atoms with Gasteiger partial charge in [0.2, 0.25) is 0 Å². The Hall–Kier alpha value is -2.76. The van der Waals surface area contributed by atoms with Gasteiger partial charge in [0, 0.05) is 28.1 Å². The zero-order valence-corrected chi connectivity index (χ0v) is 19.5. The van der Waals surface area contributed by atoms with Crippen LogP contribution < -0.4 is 14.8 Å². The highest BCUT2D eigenvalue weighted by molar-refractivity contribution is 9.10. The maximum absolute atomic E-state index is 6.07. The van der Waals surface area contributed by atoms with E-state index in [0.717, 1.165) is 41.0 Å². The zero-order chi connectivity index (χ0) is 21.6. The van der Waals surface area contributed by atoms with Crippen molar-refractivity contribution in [3.05, 3.63) is 93.6 Å². The summed E-state index contributed by atoms with van der Waals surface area (Å²) >= 11 is 3.69. The Morgan fingerprint density at radius 2 is 1.74 bits per heavy atom. The topological polar surface area (TPSA) is 46.3 Å². The van der Waals surface area contributed by atoms with Crippen molar-refractivity contribution < 1.29 is 9.47 Å². The molecule has 0 unspecified atom stereocenters. The second-order valence-corrected chi connectivity index (χ2v) is 8.45. The third-order valence-electron chi connectivity index (χ3n) is 5.54. The van der Waals surface area contributed by atoms with E-state index in [1.807, 2.05) is 24.3 Å². The molecule has 5 heteroatoms. The summed E-state index contributed by atoms with van der Waals surface area (Å²) in [5, 5.41) is 4.84. The van der Waals surface area contributed by atoms with Gasteiger partial charge in [-0.15, -0.1) is 0 Å². The second-order valence-electron chi connectivity index (χ2n) is 7.60. The van der Waals surface area contributed by atoms with Gasteiger partial charge in [-0.25, -0.2) is 0 Å². The summed E-state index contributed by atoms with van der Waals surface area (Å²) < 4.78 is 12.7. The van der Waals surface area contributed by atoms with Crippen LogP contribution in [0.1, 0.15) is 22.3 Å². The highest BCUT2D eigenvalue weighted by atomic mass is 79.9. The summed E-state index contributed by atoms with van der Waals surface area (Å²) in [6.45, 7) is 4.24. The van der Waals surface area contributed by atoms with E-state index in [0.29, 0.717) is 6.61 Å². The number of rotatable bonds is 9. The van der Waals surface area contributed by atoms with Crippen molar-refractivity contribution in [3.8, 4) is 11.5 Å². The third kappa shape index (κ3) is 5.12. The van der Waals surface area contributed by atoms with Crippen molar-refractivity contribution in [2.75, 3.05) is 13.7 Å². The first kappa shape index (κ1) is 21.5. The van der Waals surface area contributed by atoms with Crippen LogP contribution in [0.15, 0.2) is 71.3 Å². The predicted octanol–water partition coefficient (Wildman–Crippen LogP) is 6.16. The molecule has 4 nitrogen and oxygen atoms in total. The largest absolute Gasteiger partial charge is 0.493 e. The molecule has 0 saturated carbocycles. The average molecular weight is 479 g/mol. The van der Waals surface area contributed by atoms with E-state index in [2.05, 4.69) is 75.7 Å². The lowest BCUT2D eigenvalue weighted by Crippen LogP contribution is -2.17. The Labute approximate surface area is 191 Å². The van der Waals surface area contributed by atoms with Crippen LogP contribution in [0.2, 0.25) is 0 Å². The van der Waals surface area contributed by atoms with Crippen LogP contribution in [0.25, 0.3) is 10.9 Å². The molecular formula is C26H27BrN2O2. The van der Waals surface area contributed by atoms with Crippen molar-refractivity contribution in [1.29, 1.82) is 0 Å². The highest BCUT2D eigenvalue weighted by Gasteiger charge is 2.11. The molecule has 0 spiro atoms. The summed E-state index contributed by atoms with van der Waals surface area (Å²) in [6, 6.07) is 20.7. The molecule has 0 aliphatic carbocycles. The number of hydrogen-bond donors (Lipinski definition) is 2. The number of H-pyrrole nitrogens is 1. The Bertz CT molecular complexity index is 1170. The van der Waals surface area contributed by atoms with Crippen LogP contribution in [0.5, 0.6) is 11.5 Å². The van der Waals surface area contributed by atoms with E-state index in [1.165, 1.54) is 27.6 Å². The molecule has 160 valence electrons. The number of halogens is 1. The third-order valence-corrected chi connectivity index (χ3v) is 6.28. The van der Waals surface area contributed by atoms with Gasteiger partial charge >= 0.3 is 0 Å². The number of hydrogen-bond acceptors (Lipinski definition) is 3. The molecule has 0 amide bonds. The highest BCUT2D eigenvalue weighted by Crippen LogP contribution is 2.34. The van der Waals surface area contributed by atoms with E-state index in [9.17, 15) is 0 Å². The van der Waals surface area contributed by atoms with Crippen molar-refractivity contribution in [2.24, 2.45) is 0 Å². The van der Waals surface area contributed by atoms with Crippen molar-refractivity contribution >= 4 is 26.8 Å². The Morgan fingerprint density at radius 1 is 0.935 bits per heavy atom. The number of aromatic amines is 1. The molecule has 0 fully saturated rings. The monoisotopic (exact) mass is 478 g/mol. The summed E-state index contributed by atoms with van der Waals surface area (Å²) in [5.74, 6) is 1.48. The Kier molecular flexibility index (Phi) is 6.95. The SMILES string of the molecule is COc1cc(CNCCc2c[nH]c3ccccc23)c(Br)cc1OCc1ccccc1C. The molecule has 2 N–H and O–H groups in total. The number of fused-ring (bicyclic) bond motifs is 1. The van der Waals surface area contributed by atoms with E-state index in [-0.39, 0.29) is 0 Å². The first-order valence-corrected chi connectivity index (χ1v) is 11.2. The predicted molar refractivity (Wildman–Crippen MR) is 130 cm³/mol. The molecule has 0 aliphatic rings. The summed E-state index contributed by atoms with van der Waals surface area (Å²) in [7, 11) is 1.68. The van der Waals surface area contributed by atoms with Crippen LogP contribution in [0.4, 0.5) is 0 Å². The van der Waals surface area contributed by atoms with Gasteiger partial charge in [-0.3, -0.25) is 0 Å². The van der Waals surface area contributed by atoms with Gasteiger partial charge in [-0.05, 0) is 60.3 Å². The van der Waals surface area contributed by atoms with E-state index >= 15 is 0 Å². The lowest BCUT2D eigenvalue weighted by Gasteiger charge is -2.15. The number of para-hydroxylation sites is 1. The molecule has 1 aromatic heterocycles. The van der Waals surface area contributed by atoms with Crippen molar-refractivity contribution in [2.45, 2.75) is 26.5 Å². The van der Waals surface area contributed by atoms with Crippen LogP contribution in [0.3, 0.4) is 0 Å². The molecule has 4 rings (SSSR count). The molecule has 0 atom stereocenters. The Morgan fingerprint density at radius 3 is 2.58 bits per heavy atom. The van der Waals surface area contributed by atoms with E-state index in [4.69, 9.17) is 9.47 Å². The summed E-state index contributed by atoms with van der Waals surface area (Å²) in [6.07, 6.45) is 3.07. The molecule has 0 aliphatic heterocycles. The lowest BCUT2D eigenvalue weighted by atomic mass is 10.1. The molecule has 3 aromatic carbocycles. The standard InChI is InChI=1S/C26H27BrN2O2/c1-18-7-3-4-8-20(18)17-31-26-14-23(27)21(13-25(26)30-2)15-28-12-11-19-16-29-24-10-6-5-9-22(19)24/h3-10,13-14,16,28-29H,11-12,15,17H2,1-2H3. The smallest absolute Gasteiger partial charge is 0.162 e. The molecule has 4 aromatic rings. The van der Waals surface area contributed by atoms with Gasteiger partial charge in [0.25, 0.3) is 0 Å². The van der Waals surface area contributed by atoms with Crippen molar-refractivity contribution in [1.82, 2.24) is 10.3 Å². The molecule has 0 radical (unpaired) electrons. The first-order valence-electron chi connectivity index (χ1n) is 10.4. The minimum absolute atomic E-state index is 0.512. The fourth-order valence-electron chi connectivity index (χ4n) is 3.70. The van der Waals surface area contributed by atoms with Gasteiger partial charge in [-0.2, -0.15) is 0 Å². The molecule has 0 saturated heterocycles. The van der Waals surface area contributed by atoms with Crippen molar-refractivity contribution in [3.63, 3.8) is 0 Å². The van der Waals surface area contributed by atoms with E-state index < -0.39 is 0 Å². The number of nitrogens with one attached hydrogen (secondary N) is 2. The fourth-order valence-corrected chi connectivity index (χ4v) is 4.16. The Balaban J connectivity index is 1.36. The summed E-state index contributed by atoms with van der Waals surface area (Å²) in [5.41, 5.74) is 6.05. The number of aryl methyl sites for hydroxylation is 1. The van der Waals surface area contributed by atoms with Crippen LogP contribution in [-0.4, -0.2) is 18.6 Å². The van der Waals surface area contributed by atoms with Gasteiger partial charge in [-0.1, -0.05) is 58.4 Å².